The Labute approximate surface area is 123 Å². The summed E-state index contributed by atoms with van der Waals surface area (Å²) in [6, 6.07) is 12.0. The van der Waals surface area contributed by atoms with Crippen LogP contribution in [0.4, 0.5) is 0 Å². The molecule has 0 bridgehead atoms. The third-order valence-electron chi connectivity index (χ3n) is 3.29. The maximum atomic E-state index is 5.84. The topological polar surface area (TPSA) is 55.9 Å². The molecule has 0 amide bonds. The molecular weight excluding hydrogens is 264 g/mol. The van der Waals surface area contributed by atoms with Gasteiger partial charge in [-0.05, 0) is 36.7 Å². The Balaban J connectivity index is 1.67. The Bertz CT molecular complexity index is 714. The summed E-state index contributed by atoms with van der Waals surface area (Å²) in [4.78, 5) is 0. The minimum absolute atomic E-state index is 0.602. The molecule has 0 fully saturated rings. The van der Waals surface area contributed by atoms with Gasteiger partial charge in [0.1, 0.15) is 23.6 Å². The summed E-state index contributed by atoms with van der Waals surface area (Å²) in [5.41, 5.74) is 1.93. The number of benzene rings is 1. The molecule has 5 heteroatoms. The summed E-state index contributed by atoms with van der Waals surface area (Å²) in [6.07, 6.45) is 0. The molecule has 3 aromatic rings. The van der Waals surface area contributed by atoms with Crippen LogP contribution in [0.1, 0.15) is 25.4 Å². The highest BCUT2D eigenvalue weighted by Gasteiger charge is 2.07. The van der Waals surface area contributed by atoms with E-state index in [4.69, 9.17) is 4.42 Å². The SMILES string of the molecule is CC(C)CNCc1ccc(Cn2nnc3ccccc32)o1. The third-order valence-corrected chi connectivity index (χ3v) is 3.29. The van der Waals surface area contributed by atoms with Crippen LogP contribution in [0.15, 0.2) is 40.8 Å². The Kier molecular flexibility index (Phi) is 4.01. The van der Waals surface area contributed by atoms with Crippen LogP contribution in [0.5, 0.6) is 0 Å². The lowest BCUT2D eigenvalue weighted by Crippen LogP contribution is -2.18. The maximum absolute atomic E-state index is 5.84. The number of hydrogen-bond acceptors (Lipinski definition) is 4. The zero-order chi connectivity index (χ0) is 14.7. The van der Waals surface area contributed by atoms with Gasteiger partial charge in [-0.3, -0.25) is 0 Å². The Morgan fingerprint density at radius 2 is 1.95 bits per heavy atom. The minimum Gasteiger partial charge on any atom is -0.463 e. The molecular formula is C16H20N4O. The number of aromatic nitrogens is 3. The lowest BCUT2D eigenvalue weighted by atomic mass is 10.2. The van der Waals surface area contributed by atoms with Gasteiger partial charge in [0.05, 0.1) is 12.1 Å². The zero-order valence-electron chi connectivity index (χ0n) is 12.4. The number of furan rings is 1. The molecule has 0 aliphatic carbocycles. The molecule has 5 nitrogen and oxygen atoms in total. The van der Waals surface area contributed by atoms with Crippen molar-refractivity contribution in [1.82, 2.24) is 20.3 Å². The van der Waals surface area contributed by atoms with Crippen molar-refractivity contribution in [3.8, 4) is 0 Å². The van der Waals surface area contributed by atoms with Crippen LogP contribution in [0.2, 0.25) is 0 Å². The van der Waals surface area contributed by atoms with Gasteiger partial charge in [0.15, 0.2) is 0 Å². The van der Waals surface area contributed by atoms with E-state index in [-0.39, 0.29) is 0 Å². The molecule has 1 aromatic carbocycles. The number of rotatable bonds is 6. The summed E-state index contributed by atoms with van der Waals surface area (Å²) in [6.45, 7) is 6.73. The van der Waals surface area contributed by atoms with Crippen molar-refractivity contribution in [3.63, 3.8) is 0 Å². The first kappa shape index (κ1) is 13.8. The summed E-state index contributed by atoms with van der Waals surface area (Å²) < 4.78 is 7.70. The average Bonchev–Trinajstić information content (AvgIpc) is 3.07. The van der Waals surface area contributed by atoms with Gasteiger partial charge >= 0.3 is 0 Å². The second-order valence-electron chi connectivity index (χ2n) is 5.63. The third kappa shape index (κ3) is 3.31. The van der Waals surface area contributed by atoms with Crippen LogP contribution in [0.3, 0.4) is 0 Å². The Hall–Kier alpha value is -2.14. The molecule has 3 rings (SSSR count). The van der Waals surface area contributed by atoms with Gasteiger partial charge in [-0.1, -0.05) is 31.2 Å². The highest BCUT2D eigenvalue weighted by Crippen LogP contribution is 2.14. The van der Waals surface area contributed by atoms with Crippen LogP contribution < -0.4 is 5.32 Å². The van der Waals surface area contributed by atoms with Crippen molar-refractivity contribution in [2.45, 2.75) is 26.9 Å². The fourth-order valence-corrected chi connectivity index (χ4v) is 2.27. The van der Waals surface area contributed by atoms with E-state index in [0.717, 1.165) is 35.6 Å². The summed E-state index contributed by atoms with van der Waals surface area (Å²) >= 11 is 0. The molecule has 0 radical (unpaired) electrons. The minimum atomic E-state index is 0.602. The number of hydrogen-bond donors (Lipinski definition) is 1. The summed E-state index contributed by atoms with van der Waals surface area (Å²) in [5.74, 6) is 2.49. The molecule has 0 saturated carbocycles. The summed E-state index contributed by atoms with van der Waals surface area (Å²) in [5, 5.41) is 11.7. The van der Waals surface area contributed by atoms with E-state index >= 15 is 0 Å². The van der Waals surface area contributed by atoms with Gasteiger partial charge in [0.25, 0.3) is 0 Å². The fourth-order valence-electron chi connectivity index (χ4n) is 2.27. The Morgan fingerprint density at radius 3 is 2.81 bits per heavy atom. The van der Waals surface area contributed by atoms with E-state index < -0.39 is 0 Å². The lowest BCUT2D eigenvalue weighted by Gasteiger charge is -2.05. The largest absolute Gasteiger partial charge is 0.463 e. The number of nitrogens with one attached hydrogen (secondary N) is 1. The standard InChI is InChI=1S/C16H20N4O/c1-12(2)9-17-10-13-7-8-14(21-13)11-20-16-6-4-3-5-15(16)18-19-20/h3-8,12,17H,9-11H2,1-2H3. The molecule has 21 heavy (non-hydrogen) atoms. The van der Waals surface area contributed by atoms with E-state index in [1.54, 1.807) is 0 Å². The van der Waals surface area contributed by atoms with Crippen LogP contribution in [0.25, 0.3) is 11.0 Å². The number of nitrogens with zero attached hydrogens (tertiary/aromatic N) is 3. The molecule has 0 atom stereocenters. The van der Waals surface area contributed by atoms with Crippen LogP contribution in [0, 0.1) is 5.92 Å². The van der Waals surface area contributed by atoms with Crippen molar-refractivity contribution in [1.29, 1.82) is 0 Å². The van der Waals surface area contributed by atoms with Crippen molar-refractivity contribution < 1.29 is 4.42 Å². The van der Waals surface area contributed by atoms with E-state index in [9.17, 15) is 0 Å². The lowest BCUT2D eigenvalue weighted by molar-refractivity contribution is 0.423. The zero-order valence-corrected chi connectivity index (χ0v) is 12.4. The first-order valence-electron chi connectivity index (χ1n) is 7.29. The number of fused-ring (bicyclic) bond motifs is 1. The molecule has 2 aromatic heterocycles. The molecule has 0 aliphatic rings. The molecule has 110 valence electrons. The van der Waals surface area contributed by atoms with Crippen molar-refractivity contribution in [3.05, 3.63) is 47.9 Å². The molecule has 0 unspecified atom stereocenters. The average molecular weight is 284 g/mol. The van der Waals surface area contributed by atoms with Crippen LogP contribution in [-0.4, -0.2) is 21.5 Å². The van der Waals surface area contributed by atoms with E-state index in [1.165, 1.54) is 0 Å². The number of para-hydroxylation sites is 1. The Morgan fingerprint density at radius 1 is 1.14 bits per heavy atom. The smallest absolute Gasteiger partial charge is 0.125 e. The predicted octanol–water partition coefficient (Wildman–Crippen LogP) is 2.82. The van der Waals surface area contributed by atoms with E-state index in [2.05, 4.69) is 29.5 Å². The molecule has 1 N–H and O–H groups in total. The second-order valence-corrected chi connectivity index (χ2v) is 5.63. The first-order valence-corrected chi connectivity index (χ1v) is 7.29. The highest BCUT2D eigenvalue weighted by molar-refractivity contribution is 5.73. The first-order chi connectivity index (χ1) is 10.2. The van der Waals surface area contributed by atoms with E-state index in [1.807, 2.05) is 41.1 Å². The maximum Gasteiger partial charge on any atom is 0.125 e. The van der Waals surface area contributed by atoms with Gasteiger partial charge in [-0.25, -0.2) is 4.68 Å². The second kappa shape index (κ2) is 6.10. The van der Waals surface area contributed by atoms with Crippen LogP contribution >= 0.6 is 0 Å². The van der Waals surface area contributed by atoms with Crippen LogP contribution in [-0.2, 0) is 13.1 Å². The molecule has 0 saturated heterocycles. The van der Waals surface area contributed by atoms with Gasteiger partial charge in [-0.15, -0.1) is 5.10 Å². The normalized spacial score (nSPS) is 11.6. The molecule has 0 spiro atoms. The monoisotopic (exact) mass is 284 g/mol. The van der Waals surface area contributed by atoms with Gasteiger partial charge < -0.3 is 9.73 Å². The molecule has 2 heterocycles. The quantitative estimate of drug-likeness (QED) is 0.756. The van der Waals surface area contributed by atoms with Crippen molar-refractivity contribution in [2.24, 2.45) is 5.92 Å². The predicted molar refractivity (Wildman–Crippen MR) is 81.9 cm³/mol. The van der Waals surface area contributed by atoms with Gasteiger partial charge in [0, 0.05) is 0 Å². The van der Waals surface area contributed by atoms with Gasteiger partial charge in [0.2, 0.25) is 0 Å². The fraction of sp³-hybridized carbons (Fsp3) is 0.375. The molecule has 0 aliphatic heterocycles. The summed E-state index contributed by atoms with van der Waals surface area (Å²) in [7, 11) is 0. The van der Waals surface area contributed by atoms with Gasteiger partial charge in [-0.2, -0.15) is 0 Å². The van der Waals surface area contributed by atoms with Crippen molar-refractivity contribution in [2.75, 3.05) is 6.54 Å². The van der Waals surface area contributed by atoms with E-state index in [0.29, 0.717) is 12.5 Å². The highest BCUT2D eigenvalue weighted by atomic mass is 16.3. The van der Waals surface area contributed by atoms with Crippen molar-refractivity contribution >= 4 is 11.0 Å².